The molecule has 32 heavy (non-hydrogen) atoms. The van der Waals surface area contributed by atoms with Gasteiger partial charge in [0.1, 0.15) is 22.9 Å². The Bertz CT molecular complexity index is 1290. The van der Waals surface area contributed by atoms with Crippen molar-refractivity contribution in [3.8, 4) is 5.88 Å². The van der Waals surface area contributed by atoms with E-state index >= 15 is 0 Å². The van der Waals surface area contributed by atoms with Crippen LogP contribution in [0.25, 0.3) is 5.65 Å². The average Bonchev–Trinajstić information content (AvgIpc) is 3.46. The molecule has 4 aromatic rings. The molecular weight excluding hydrogens is 411 g/mol. The van der Waals surface area contributed by atoms with Crippen LogP contribution < -0.4 is 15.0 Å². The summed E-state index contributed by atoms with van der Waals surface area (Å²) in [6, 6.07) is 11.9. The Morgan fingerprint density at radius 1 is 1.25 bits per heavy atom. The van der Waals surface area contributed by atoms with Gasteiger partial charge in [-0.05, 0) is 48.7 Å². The number of rotatable bonds is 5. The van der Waals surface area contributed by atoms with Crippen molar-refractivity contribution in [1.29, 1.82) is 0 Å². The molecule has 162 valence electrons. The zero-order valence-corrected chi connectivity index (χ0v) is 17.4. The number of carbonyl (C=O) groups excluding carboxylic acids is 1. The number of aromatic nitrogens is 4. The van der Waals surface area contributed by atoms with Crippen molar-refractivity contribution in [2.24, 2.45) is 0 Å². The summed E-state index contributed by atoms with van der Waals surface area (Å²) in [6.45, 7) is 0.813. The Balaban J connectivity index is 1.46. The second-order valence-electron chi connectivity index (χ2n) is 7.53. The van der Waals surface area contributed by atoms with Crippen LogP contribution in [-0.4, -0.2) is 39.1 Å². The van der Waals surface area contributed by atoms with Crippen LogP contribution in [0, 0.1) is 5.82 Å². The second kappa shape index (κ2) is 8.26. The fourth-order valence-electron chi connectivity index (χ4n) is 4.12. The van der Waals surface area contributed by atoms with Crippen LogP contribution in [0.1, 0.15) is 34.8 Å². The van der Waals surface area contributed by atoms with Gasteiger partial charge in [0.2, 0.25) is 5.88 Å². The maximum Gasteiger partial charge on any atom is 0.261 e. The molecule has 1 fully saturated rings. The molecule has 3 aromatic heterocycles. The number of ether oxygens (including phenoxy) is 1. The molecule has 1 unspecified atom stereocenters. The van der Waals surface area contributed by atoms with Gasteiger partial charge < -0.3 is 15.0 Å². The Morgan fingerprint density at radius 2 is 2.16 bits per heavy atom. The molecule has 0 aliphatic carbocycles. The topological polar surface area (TPSA) is 84.6 Å². The molecular formula is C23H21FN6O2. The van der Waals surface area contributed by atoms with Gasteiger partial charge >= 0.3 is 0 Å². The lowest BCUT2D eigenvalue weighted by Gasteiger charge is -2.26. The molecule has 1 saturated heterocycles. The van der Waals surface area contributed by atoms with Gasteiger partial charge in [0, 0.05) is 18.9 Å². The van der Waals surface area contributed by atoms with E-state index in [1.54, 1.807) is 47.4 Å². The number of amides is 1. The third-order valence-electron chi connectivity index (χ3n) is 5.59. The monoisotopic (exact) mass is 432 g/mol. The van der Waals surface area contributed by atoms with E-state index < -0.39 is 0 Å². The molecule has 1 atom stereocenters. The summed E-state index contributed by atoms with van der Waals surface area (Å²) < 4.78 is 20.6. The number of methoxy groups -OCH3 is 1. The molecule has 0 saturated carbocycles. The lowest BCUT2D eigenvalue weighted by Crippen LogP contribution is -2.24. The Kier molecular flexibility index (Phi) is 5.14. The maximum absolute atomic E-state index is 13.8. The average molecular weight is 432 g/mol. The highest BCUT2D eigenvalue weighted by Gasteiger charge is 2.28. The summed E-state index contributed by atoms with van der Waals surface area (Å²) in [5.41, 5.74) is 2.24. The van der Waals surface area contributed by atoms with Gasteiger partial charge in [-0.1, -0.05) is 12.1 Å². The smallest absolute Gasteiger partial charge is 0.261 e. The van der Waals surface area contributed by atoms with E-state index in [2.05, 4.69) is 20.3 Å². The maximum atomic E-state index is 13.8. The van der Waals surface area contributed by atoms with Crippen LogP contribution in [0.15, 0.2) is 61.1 Å². The third-order valence-corrected chi connectivity index (χ3v) is 5.59. The predicted molar refractivity (Wildman–Crippen MR) is 117 cm³/mol. The van der Waals surface area contributed by atoms with Gasteiger partial charge in [0.05, 0.1) is 19.3 Å². The van der Waals surface area contributed by atoms with Crippen molar-refractivity contribution in [2.45, 2.75) is 18.9 Å². The van der Waals surface area contributed by atoms with Crippen LogP contribution in [0.4, 0.5) is 15.9 Å². The van der Waals surface area contributed by atoms with Crippen LogP contribution in [0.3, 0.4) is 0 Å². The van der Waals surface area contributed by atoms with Gasteiger partial charge in [-0.3, -0.25) is 4.79 Å². The molecule has 1 amide bonds. The Hall–Kier alpha value is -4.01. The molecule has 1 aromatic carbocycles. The van der Waals surface area contributed by atoms with Crippen molar-refractivity contribution in [1.82, 2.24) is 19.6 Å². The van der Waals surface area contributed by atoms with Crippen molar-refractivity contribution in [2.75, 3.05) is 23.9 Å². The molecule has 9 heteroatoms. The van der Waals surface area contributed by atoms with E-state index in [1.807, 2.05) is 12.1 Å². The van der Waals surface area contributed by atoms with Crippen molar-refractivity contribution >= 4 is 23.1 Å². The summed E-state index contributed by atoms with van der Waals surface area (Å²) >= 11 is 0. The predicted octanol–water partition coefficient (Wildman–Crippen LogP) is 3.87. The molecule has 4 heterocycles. The zero-order valence-electron chi connectivity index (χ0n) is 17.4. The minimum Gasteiger partial charge on any atom is -0.480 e. The fourth-order valence-corrected chi connectivity index (χ4v) is 4.12. The lowest BCUT2D eigenvalue weighted by atomic mass is 10.0. The first-order chi connectivity index (χ1) is 15.6. The van der Waals surface area contributed by atoms with E-state index in [-0.39, 0.29) is 23.6 Å². The summed E-state index contributed by atoms with van der Waals surface area (Å²) in [4.78, 5) is 23.8. The highest BCUT2D eigenvalue weighted by atomic mass is 19.1. The molecule has 0 bridgehead atoms. The summed E-state index contributed by atoms with van der Waals surface area (Å²) in [5, 5.41) is 7.14. The molecule has 1 N–H and O–H groups in total. The third kappa shape index (κ3) is 3.62. The van der Waals surface area contributed by atoms with E-state index in [1.165, 1.54) is 13.2 Å². The van der Waals surface area contributed by atoms with Gasteiger partial charge in [0.25, 0.3) is 5.91 Å². The molecule has 1 aliphatic heterocycles. The quantitative estimate of drug-likeness (QED) is 0.516. The summed E-state index contributed by atoms with van der Waals surface area (Å²) in [7, 11) is 1.47. The number of hydrogen-bond acceptors (Lipinski definition) is 6. The number of benzene rings is 1. The summed E-state index contributed by atoms with van der Waals surface area (Å²) in [5.74, 6) is 0.379. The Morgan fingerprint density at radius 3 is 3.00 bits per heavy atom. The first-order valence-electron chi connectivity index (χ1n) is 10.3. The minimum atomic E-state index is -0.365. The van der Waals surface area contributed by atoms with Crippen LogP contribution in [0.5, 0.6) is 5.88 Å². The minimum absolute atomic E-state index is 0.0428. The molecule has 1 aliphatic rings. The number of halogens is 1. The van der Waals surface area contributed by atoms with Crippen LogP contribution in [0.2, 0.25) is 0 Å². The van der Waals surface area contributed by atoms with Crippen LogP contribution >= 0.6 is 0 Å². The highest BCUT2D eigenvalue weighted by molar-refractivity contribution is 6.07. The van der Waals surface area contributed by atoms with Crippen molar-refractivity contribution in [3.05, 3.63) is 78.0 Å². The number of carbonyl (C=O) groups is 1. The van der Waals surface area contributed by atoms with Gasteiger partial charge in [0.15, 0.2) is 5.65 Å². The van der Waals surface area contributed by atoms with E-state index in [4.69, 9.17) is 9.72 Å². The largest absolute Gasteiger partial charge is 0.480 e. The second-order valence-corrected chi connectivity index (χ2v) is 7.53. The number of pyridine rings is 1. The molecule has 5 rings (SSSR count). The van der Waals surface area contributed by atoms with E-state index in [0.29, 0.717) is 16.9 Å². The highest BCUT2D eigenvalue weighted by Crippen LogP contribution is 2.36. The van der Waals surface area contributed by atoms with Crippen LogP contribution in [-0.2, 0) is 0 Å². The molecule has 8 nitrogen and oxygen atoms in total. The summed E-state index contributed by atoms with van der Waals surface area (Å²) in [6.07, 6.45) is 6.82. The number of nitrogens with zero attached hydrogens (tertiary/aromatic N) is 5. The number of fused-ring (bicyclic) bond motifs is 1. The van der Waals surface area contributed by atoms with Gasteiger partial charge in [-0.2, -0.15) is 5.10 Å². The molecule has 0 spiro atoms. The zero-order chi connectivity index (χ0) is 22.1. The van der Waals surface area contributed by atoms with E-state index in [0.717, 1.165) is 30.8 Å². The first-order valence-corrected chi connectivity index (χ1v) is 10.3. The molecule has 0 radical (unpaired) electrons. The standard InChI is InChI=1S/C23H21FN6O2/c1-32-23-17(7-3-10-25-23)22(31)27-18-14-26-30-12-9-20(28-21(18)30)29-11-4-8-19(29)15-5-2-6-16(24)13-15/h2-3,5-7,9-10,12-14,19H,4,8,11H2,1H3,(H,27,31). The van der Waals surface area contributed by atoms with Gasteiger partial charge in [-0.15, -0.1) is 0 Å². The first kappa shape index (κ1) is 19.9. The van der Waals surface area contributed by atoms with Gasteiger partial charge in [-0.25, -0.2) is 18.9 Å². The Labute approximate surface area is 183 Å². The van der Waals surface area contributed by atoms with Crippen molar-refractivity contribution < 1.29 is 13.9 Å². The SMILES string of the molecule is COc1ncccc1C(=O)Nc1cnn2ccc(N3CCCC3c3cccc(F)c3)nc12. The van der Waals surface area contributed by atoms with Crippen molar-refractivity contribution in [3.63, 3.8) is 0 Å². The lowest BCUT2D eigenvalue weighted by molar-refractivity contribution is 0.102. The normalized spacial score (nSPS) is 15.8. The number of hydrogen-bond donors (Lipinski definition) is 1. The van der Waals surface area contributed by atoms with E-state index in [9.17, 15) is 9.18 Å². The number of nitrogens with one attached hydrogen (secondary N) is 1. The number of anilines is 2. The fraction of sp³-hybridized carbons (Fsp3) is 0.217.